The van der Waals surface area contributed by atoms with Gasteiger partial charge in [-0.25, -0.2) is 0 Å². The van der Waals surface area contributed by atoms with Crippen LogP contribution in [0.5, 0.6) is 0 Å². The van der Waals surface area contributed by atoms with E-state index < -0.39 is 0 Å². The second-order valence-electron chi connectivity index (χ2n) is 4.50. The van der Waals surface area contributed by atoms with Crippen molar-refractivity contribution < 1.29 is 4.79 Å². The van der Waals surface area contributed by atoms with Crippen LogP contribution < -0.4 is 5.32 Å². The summed E-state index contributed by atoms with van der Waals surface area (Å²) in [5.74, 6) is 3.52. The Morgan fingerprint density at radius 3 is 2.92 bits per heavy atom. The van der Waals surface area contributed by atoms with Gasteiger partial charge in [-0.1, -0.05) is 6.92 Å². The summed E-state index contributed by atoms with van der Waals surface area (Å²) in [7, 11) is 0. The second kappa shape index (κ2) is 3.52. The van der Waals surface area contributed by atoms with E-state index in [9.17, 15) is 4.79 Å². The van der Waals surface area contributed by atoms with Gasteiger partial charge in [-0.3, -0.25) is 4.79 Å². The lowest BCUT2D eigenvalue weighted by Gasteiger charge is -2.13. The number of hydrogen-bond acceptors (Lipinski definition) is 2. The van der Waals surface area contributed by atoms with Crippen LogP contribution in [0.1, 0.15) is 26.2 Å². The largest absolute Gasteiger partial charge is 0.355 e. The van der Waals surface area contributed by atoms with Crippen molar-refractivity contribution in [2.45, 2.75) is 26.2 Å². The van der Waals surface area contributed by atoms with Gasteiger partial charge in [0.25, 0.3) is 0 Å². The van der Waals surface area contributed by atoms with Crippen molar-refractivity contribution in [2.75, 3.05) is 18.1 Å². The minimum absolute atomic E-state index is 0.00570. The van der Waals surface area contributed by atoms with Gasteiger partial charge in [0.2, 0.25) is 5.91 Å². The first-order chi connectivity index (χ1) is 6.21. The molecule has 0 aromatic carbocycles. The summed E-state index contributed by atoms with van der Waals surface area (Å²) in [4.78, 5) is 11.6. The smallest absolute Gasteiger partial charge is 0.225 e. The lowest BCUT2D eigenvalue weighted by Crippen LogP contribution is -2.34. The molecule has 1 unspecified atom stereocenters. The number of hydrogen-bond donors (Lipinski definition) is 1. The number of amides is 1. The molecule has 1 saturated carbocycles. The Labute approximate surface area is 83.8 Å². The van der Waals surface area contributed by atoms with Gasteiger partial charge in [-0.2, -0.15) is 11.8 Å². The van der Waals surface area contributed by atoms with E-state index in [0.29, 0.717) is 0 Å². The fourth-order valence-corrected chi connectivity index (χ4v) is 2.89. The van der Waals surface area contributed by atoms with Crippen molar-refractivity contribution in [1.29, 1.82) is 0 Å². The van der Waals surface area contributed by atoms with Crippen LogP contribution in [-0.2, 0) is 4.79 Å². The Kier molecular flexibility index (Phi) is 2.54. The molecule has 2 rings (SSSR count). The van der Waals surface area contributed by atoms with Crippen LogP contribution in [0.25, 0.3) is 0 Å². The van der Waals surface area contributed by atoms with E-state index >= 15 is 0 Å². The fraction of sp³-hybridized carbons (Fsp3) is 0.900. The molecule has 1 aliphatic heterocycles. The zero-order valence-electron chi connectivity index (χ0n) is 8.14. The summed E-state index contributed by atoms with van der Waals surface area (Å²) >= 11 is 2.01. The van der Waals surface area contributed by atoms with Crippen molar-refractivity contribution in [1.82, 2.24) is 5.32 Å². The van der Waals surface area contributed by atoms with Gasteiger partial charge in [0.1, 0.15) is 0 Å². The van der Waals surface area contributed by atoms with Gasteiger partial charge < -0.3 is 5.32 Å². The number of nitrogens with one attached hydrogen (secondary N) is 1. The topological polar surface area (TPSA) is 29.1 Å². The zero-order valence-corrected chi connectivity index (χ0v) is 8.95. The van der Waals surface area contributed by atoms with E-state index in [1.165, 1.54) is 17.9 Å². The third-order valence-corrected chi connectivity index (χ3v) is 4.35. The third kappa shape index (κ3) is 2.19. The Morgan fingerprint density at radius 2 is 2.38 bits per heavy atom. The Bertz CT molecular complexity index is 207. The fourth-order valence-electron chi connectivity index (χ4n) is 1.61. The maximum absolute atomic E-state index is 11.6. The van der Waals surface area contributed by atoms with Gasteiger partial charge in [0.05, 0.1) is 0 Å². The predicted molar refractivity (Wildman–Crippen MR) is 55.8 cm³/mol. The quantitative estimate of drug-likeness (QED) is 0.749. The van der Waals surface area contributed by atoms with Crippen LogP contribution >= 0.6 is 11.8 Å². The molecule has 2 aliphatic rings. The van der Waals surface area contributed by atoms with Crippen molar-refractivity contribution in [3.05, 3.63) is 0 Å². The maximum atomic E-state index is 11.6. The second-order valence-corrected chi connectivity index (χ2v) is 5.65. The molecular weight excluding hydrogens is 182 g/mol. The van der Waals surface area contributed by atoms with Crippen molar-refractivity contribution in [3.63, 3.8) is 0 Å². The highest BCUT2D eigenvalue weighted by Crippen LogP contribution is 2.45. The number of thioether (sulfide) groups is 1. The normalized spacial score (nSPS) is 30.1. The highest BCUT2D eigenvalue weighted by molar-refractivity contribution is 7.99. The van der Waals surface area contributed by atoms with Crippen molar-refractivity contribution in [3.8, 4) is 0 Å². The molecule has 0 spiro atoms. The lowest BCUT2D eigenvalue weighted by molar-refractivity contribution is -0.125. The van der Waals surface area contributed by atoms with Crippen LogP contribution in [-0.4, -0.2) is 24.0 Å². The standard InChI is InChI=1S/C10H17NOS/c1-10(3-4-10)9(12)11-6-8-2-5-13-7-8/h8H,2-7H2,1H3,(H,11,12). The summed E-state index contributed by atoms with van der Waals surface area (Å²) in [5, 5.41) is 3.07. The molecule has 0 radical (unpaired) electrons. The van der Waals surface area contributed by atoms with Gasteiger partial charge in [-0.15, -0.1) is 0 Å². The maximum Gasteiger partial charge on any atom is 0.225 e. The molecule has 13 heavy (non-hydrogen) atoms. The first-order valence-corrected chi connectivity index (χ1v) is 6.22. The average molecular weight is 199 g/mol. The van der Waals surface area contributed by atoms with Crippen LogP contribution in [0.4, 0.5) is 0 Å². The summed E-state index contributed by atoms with van der Waals surface area (Å²) < 4.78 is 0. The van der Waals surface area contributed by atoms with Gasteiger partial charge in [0.15, 0.2) is 0 Å². The van der Waals surface area contributed by atoms with Gasteiger partial charge >= 0.3 is 0 Å². The summed E-state index contributed by atoms with van der Waals surface area (Å²) in [6.45, 7) is 2.97. The van der Waals surface area contributed by atoms with Crippen LogP contribution in [0.15, 0.2) is 0 Å². The minimum Gasteiger partial charge on any atom is -0.355 e. The van der Waals surface area contributed by atoms with E-state index in [4.69, 9.17) is 0 Å². The summed E-state index contributed by atoms with van der Waals surface area (Å²) in [6.07, 6.45) is 3.44. The van der Waals surface area contributed by atoms with Crippen LogP contribution in [0.2, 0.25) is 0 Å². The molecule has 1 aliphatic carbocycles. The van der Waals surface area contributed by atoms with Crippen molar-refractivity contribution in [2.24, 2.45) is 11.3 Å². The molecule has 0 aromatic rings. The number of rotatable bonds is 3. The van der Waals surface area contributed by atoms with Crippen LogP contribution in [0.3, 0.4) is 0 Å². The van der Waals surface area contributed by atoms with Crippen LogP contribution in [0, 0.1) is 11.3 Å². The molecule has 1 atom stereocenters. The minimum atomic E-state index is 0.00570. The predicted octanol–water partition coefficient (Wildman–Crippen LogP) is 1.66. The van der Waals surface area contributed by atoms with E-state index in [0.717, 1.165) is 25.3 Å². The van der Waals surface area contributed by atoms with Crippen molar-refractivity contribution >= 4 is 17.7 Å². The van der Waals surface area contributed by atoms with E-state index in [2.05, 4.69) is 12.2 Å². The molecule has 2 nitrogen and oxygen atoms in total. The highest BCUT2D eigenvalue weighted by Gasteiger charge is 2.44. The average Bonchev–Trinajstić information content (AvgIpc) is 2.70. The molecule has 0 aromatic heterocycles. The lowest BCUT2D eigenvalue weighted by atomic mass is 10.1. The Morgan fingerprint density at radius 1 is 1.62 bits per heavy atom. The first kappa shape index (κ1) is 9.38. The molecule has 1 heterocycles. The summed E-state index contributed by atoms with van der Waals surface area (Å²) in [6, 6.07) is 0. The molecular formula is C10H17NOS. The molecule has 74 valence electrons. The molecule has 1 saturated heterocycles. The Hall–Kier alpha value is -0.180. The highest BCUT2D eigenvalue weighted by atomic mass is 32.2. The van der Waals surface area contributed by atoms with Gasteiger partial charge in [0, 0.05) is 12.0 Å². The molecule has 2 fully saturated rings. The van der Waals surface area contributed by atoms with Gasteiger partial charge in [-0.05, 0) is 36.7 Å². The monoisotopic (exact) mass is 199 g/mol. The van der Waals surface area contributed by atoms with E-state index in [-0.39, 0.29) is 11.3 Å². The zero-order chi connectivity index (χ0) is 9.31. The number of carbonyl (C=O) groups excluding carboxylic acids is 1. The Balaban J connectivity index is 1.69. The molecule has 1 amide bonds. The molecule has 3 heteroatoms. The third-order valence-electron chi connectivity index (χ3n) is 3.12. The van der Waals surface area contributed by atoms with E-state index in [1.807, 2.05) is 11.8 Å². The molecule has 1 N–H and O–H groups in total. The first-order valence-electron chi connectivity index (χ1n) is 5.07. The van der Waals surface area contributed by atoms with E-state index in [1.54, 1.807) is 0 Å². The number of carbonyl (C=O) groups is 1. The SMILES string of the molecule is CC1(C(=O)NCC2CCSC2)CC1. The summed E-state index contributed by atoms with van der Waals surface area (Å²) in [5.41, 5.74) is 0.00570. The molecule has 0 bridgehead atoms.